The minimum Gasteiger partial charge on any atom is -0.480 e. The molecule has 0 aromatic carbocycles. The normalized spacial score (nSPS) is 46.6. The molecule has 2 rings (SSSR count). The summed E-state index contributed by atoms with van der Waals surface area (Å²) in [5.41, 5.74) is 0. The molecule has 60 valence electrons. The van der Waals surface area contributed by atoms with Crippen LogP contribution in [0.2, 0.25) is 0 Å². The summed E-state index contributed by atoms with van der Waals surface area (Å²) in [7, 11) is 0. The fraction of sp³-hybridized carbons (Fsp3) is 0.625. The SMILES string of the molecule is O=C(O)C1(Br)CC2C=CC1C2. The topological polar surface area (TPSA) is 37.3 Å². The number of hydrogen-bond acceptors (Lipinski definition) is 1. The van der Waals surface area contributed by atoms with E-state index < -0.39 is 10.3 Å². The maximum atomic E-state index is 10.8. The Kier molecular flexibility index (Phi) is 1.40. The summed E-state index contributed by atoms with van der Waals surface area (Å²) in [4.78, 5) is 10.8. The van der Waals surface area contributed by atoms with Gasteiger partial charge in [0.2, 0.25) is 0 Å². The van der Waals surface area contributed by atoms with E-state index in [0.717, 1.165) is 12.8 Å². The van der Waals surface area contributed by atoms with Gasteiger partial charge in [-0.3, -0.25) is 4.79 Å². The first-order valence-corrected chi connectivity index (χ1v) is 4.53. The maximum Gasteiger partial charge on any atom is 0.321 e. The summed E-state index contributed by atoms with van der Waals surface area (Å²) in [6.45, 7) is 0. The van der Waals surface area contributed by atoms with Gasteiger partial charge in [-0.25, -0.2) is 0 Å². The first-order chi connectivity index (χ1) is 5.13. The summed E-state index contributed by atoms with van der Waals surface area (Å²) >= 11 is 3.32. The van der Waals surface area contributed by atoms with Crippen LogP contribution in [-0.2, 0) is 4.79 Å². The molecule has 0 radical (unpaired) electrons. The predicted octanol–water partition coefficient (Wildman–Crippen LogP) is 1.80. The zero-order valence-corrected chi connectivity index (χ0v) is 7.54. The van der Waals surface area contributed by atoms with E-state index in [1.165, 1.54) is 0 Å². The van der Waals surface area contributed by atoms with Gasteiger partial charge in [0.05, 0.1) is 0 Å². The molecular weight excluding hydrogens is 208 g/mol. The highest BCUT2D eigenvalue weighted by atomic mass is 79.9. The third-order valence-corrected chi connectivity index (χ3v) is 3.93. The molecule has 3 atom stereocenters. The van der Waals surface area contributed by atoms with Crippen LogP contribution in [0.5, 0.6) is 0 Å². The van der Waals surface area contributed by atoms with E-state index in [4.69, 9.17) is 5.11 Å². The Morgan fingerprint density at radius 2 is 2.36 bits per heavy atom. The number of carboxylic acids is 1. The van der Waals surface area contributed by atoms with E-state index in [0.29, 0.717) is 5.92 Å². The third-order valence-electron chi connectivity index (χ3n) is 2.67. The lowest BCUT2D eigenvalue weighted by molar-refractivity contribution is -0.140. The fourth-order valence-corrected chi connectivity index (χ4v) is 2.80. The first kappa shape index (κ1) is 7.35. The zero-order valence-electron chi connectivity index (χ0n) is 5.96. The van der Waals surface area contributed by atoms with Crippen molar-refractivity contribution in [2.75, 3.05) is 0 Å². The molecule has 2 aliphatic rings. The minimum absolute atomic E-state index is 0.213. The highest BCUT2D eigenvalue weighted by Gasteiger charge is 2.51. The Morgan fingerprint density at radius 1 is 1.64 bits per heavy atom. The van der Waals surface area contributed by atoms with Crippen molar-refractivity contribution >= 4 is 21.9 Å². The summed E-state index contributed by atoms with van der Waals surface area (Å²) in [5.74, 6) is -0.00479. The van der Waals surface area contributed by atoms with Crippen LogP contribution in [0.3, 0.4) is 0 Å². The lowest BCUT2D eigenvalue weighted by Crippen LogP contribution is -2.35. The molecule has 2 nitrogen and oxygen atoms in total. The second-order valence-electron chi connectivity index (χ2n) is 3.36. The van der Waals surface area contributed by atoms with E-state index in [1.54, 1.807) is 0 Å². The van der Waals surface area contributed by atoms with Gasteiger partial charge in [0.25, 0.3) is 0 Å². The van der Waals surface area contributed by atoms with Crippen molar-refractivity contribution in [1.82, 2.24) is 0 Å². The number of fused-ring (bicyclic) bond motifs is 2. The van der Waals surface area contributed by atoms with Gasteiger partial charge in [0.1, 0.15) is 4.32 Å². The van der Waals surface area contributed by atoms with Gasteiger partial charge in [-0.05, 0) is 18.8 Å². The number of halogens is 1. The Hall–Kier alpha value is -0.310. The summed E-state index contributed by atoms with van der Waals surface area (Å²) in [6, 6.07) is 0. The second kappa shape index (κ2) is 2.09. The Bertz CT molecular complexity index is 236. The van der Waals surface area contributed by atoms with Gasteiger partial charge in [-0.2, -0.15) is 0 Å². The van der Waals surface area contributed by atoms with Crippen molar-refractivity contribution in [3.63, 3.8) is 0 Å². The Morgan fingerprint density at radius 3 is 2.64 bits per heavy atom. The number of allylic oxidation sites excluding steroid dienone is 2. The Balaban J connectivity index is 2.30. The number of rotatable bonds is 1. The molecule has 0 amide bonds. The minimum atomic E-state index is -0.714. The highest BCUT2D eigenvalue weighted by Crippen LogP contribution is 2.51. The van der Waals surface area contributed by atoms with Crippen molar-refractivity contribution in [2.45, 2.75) is 17.2 Å². The molecule has 3 unspecified atom stereocenters. The van der Waals surface area contributed by atoms with Crippen LogP contribution in [-0.4, -0.2) is 15.4 Å². The average molecular weight is 217 g/mol. The van der Waals surface area contributed by atoms with Crippen LogP contribution in [0, 0.1) is 11.8 Å². The molecule has 11 heavy (non-hydrogen) atoms. The first-order valence-electron chi connectivity index (χ1n) is 3.73. The quantitative estimate of drug-likeness (QED) is 0.537. The third kappa shape index (κ3) is 0.868. The molecule has 2 bridgehead atoms. The number of aliphatic carboxylic acids is 1. The van der Waals surface area contributed by atoms with Gasteiger partial charge < -0.3 is 5.11 Å². The van der Waals surface area contributed by atoms with Crippen molar-refractivity contribution in [3.05, 3.63) is 12.2 Å². The second-order valence-corrected chi connectivity index (χ2v) is 4.77. The van der Waals surface area contributed by atoms with Gasteiger partial charge in [0, 0.05) is 5.92 Å². The number of carbonyl (C=O) groups is 1. The molecule has 0 saturated heterocycles. The van der Waals surface area contributed by atoms with Gasteiger partial charge in [-0.15, -0.1) is 0 Å². The van der Waals surface area contributed by atoms with E-state index in [2.05, 4.69) is 22.0 Å². The van der Waals surface area contributed by atoms with Crippen molar-refractivity contribution in [2.24, 2.45) is 11.8 Å². The summed E-state index contributed by atoms with van der Waals surface area (Å²) in [6.07, 6.45) is 5.92. The molecule has 1 N–H and O–H groups in total. The van der Waals surface area contributed by atoms with Crippen LogP contribution < -0.4 is 0 Å². The van der Waals surface area contributed by atoms with Crippen LogP contribution in [0.1, 0.15) is 12.8 Å². The molecule has 0 spiro atoms. The molecule has 0 aromatic heterocycles. The molecule has 0 aromatic rings. The largest absolute Gasteiger partial charge is 0.480 e. The number of carboxylic acid groups (broad SMARTS) is 1. The predicted molar refractivity (Wildman–Crippen MR) is 44.6 cm³/mol. The lowest BCUT2D eigenvalue weighted by Gasteiger charge is -2.23. The smallest absolute Gasteiger partial charge is 0.321 e. The van der Waals surface area contributed by atoms with Crippen LogP contribution >= 0.6 is 15.9 Å². The maximum absolute atomic E-state index is 10.8. The van der Waals surface area contributed by atoms with Gasteiger partial charge in [0.15, 0.2) is 0 Å². The van der Waals surface area contributed by atoms with E-state index in [-0.39, 0.29) is 5.92 Å². The fourth-order valence-electron chi connectivity index (χ4n) is 2.04. The molecular formula is C8H9BrO2. The van der Waals surface area contributed by atoms with Gasteiger partial charge >= 0.3 is 5.97 Å². The summed E-state index contributed by atoms with van der Waals surface area (Å²) in [5, 5.41) is 8.91. The van der Waals surface area contributed by atoms with Crippen molar-refractivity contribution in [3.8, 4) is 0 Å². The average Bonchev–Trinajstić information content (AvgIpc) is 2.45. The lowest BCUT2D eigenvalue weighted by atomic mass is 9.94. The van der Waals surface area contributed by atoms with Crippen molar-refractivity contribution < 1.29 is 9.90 Å². The van der Waals surface area contributed by atoms with E-state index in [9.17, 15) is 4.79 Å². The molecule has 1 saturated carbocycles. The van der Waals surface area contributed by atoms with Crippen LogP contribution in [0.15, 0.2) is 12.2 Å². The highest BCUT2D eigenvalue weighted by molar-refractivity contribution is 9.10. The molecule has 1 fully saturated rings. The molecule has 0 heterocycles. The number of hydrogen-bond donors (Lipinski definition) is 1. The molecule has 2 aliphatic carbocycles. The monoisotopic (exact) mass is 216 g/mol. The standard InChI is InChI=1S/C8H9BrO2/c9-8(7(10)11)4-5-1-2-6(8)3-5/h1-2,5-6H,3-4H2,(H,10,11). The zero-order chi connectivity index (χ0) is 8.06. The van der Waals surface area contributed by atoms with Crippen LogP contribution in [0.4, 0.5) is 0 Å². The molecule has 0 aliphatic heterocycles. The number of alkyl halides is 1. The summed E-state index contributed by atoms with van der Waals surface area (Å²) < 4.78 is -0.646. The van der Waals surface area contributed by atoms with Gasteiger partial charge in [-0.1, -0.05) is 28.1 Å². The molecule has 3 heteroatoms. The van der Waals surface area contributed by atoms with Crippen molar-refractivity contribution in [1.29, 1.82) is 0 Å². The van der Waals surface area contributed by atoms with E-state index in [1.807, 2.05) is 6.08 Å². The van der Waals surface area contributed by atoms with E-state index >= 15 is 0 Å². The van der Waals surface area contributed by atoms with Crippen LogP contribution in [0.25, 0.3) is 0 Å². The Labute approximate surface area is 73.4 Å².